The van der Waals surface area contributed by atoms with E-state index in [2.05, 4.69) is 22.2 Å². The summed E-state index contributed by atoms with van der Waals surface area (Å²) >= 11 is 4.65. The molecule has 1 aromatic heterocycles. The summed E-state index contributed by atoms with van der Waals surface area (Å²) in [6.07, 6.45) is 3.40. The molecule has 0 aliphatic carbocycles. The third-order valence-corrected chi connectivity index (χ3v) is 0.804. The number of rotatable bonds is 0. The van der Waals surface area contributed by atoms with Gasteiger partial charge >= 0.3 is 0 Å². The summed E-state index contributed by atoms with van der Waals surface area (Å²) in [5.74, 6) is 0. The van der Waals surface area contributed by atoms with Gasteiger partial charge in [0, 0.05) is 33.5 Å². The molecule has 1 N–H and O–H groups in total. The van der Waals surface area contributed by atoms with Gasteiger partial charge in [-0.05, 0) is 18.3 Å². The number of H-pyrrole nitrogens is 1. The zero-order chi connectivity index (χ0) is 5.11. The molecule has 0 saturated heterocycles. The summed E-state index contributed by atoms with van der Waals surface area (Å²) in [7, 11) is 0. The van der Waals surface area contributed by atoms with Crippen LogP contribution in [0.5, 0.6) is 0 Å². The second-order valence-electron chi connectivity index (χ2n) is 1.09. The van der Waals surface area contributed by atoms with Gasteiger partial charge in [-0.1, -0.05) is 0 Å². The average Bonchev–Trinajstić information content (AvgIpc) is 1.69. The molecule has 1 aromatic rings. The zero-order valence-electron chi connectivity index (χ0n) is 3.90. The monoisotopic (exact) mass is 307 g/mol. The van der Waals surface area contributed by atoms with Gasteiger partial charge in [0.05, 0.1) is 0 Å². The first-order chi connectivity index (χ1) is 3.39. The summed E-state index contributed by atoms with van der Waals surface area (Å²) < 4.78 is 0.530. The van der Waals surface area contributed by atoms with Gasteiger partial charge in [-0.25, -0.2) is 4.98 Å². The van der Waals surface area contributed by atoms with Crippen molar-refractivity contribution in [3.8, 4) is 0 Å². The molecule has 0 spiro atoms. The van der Waals surface area contributed by atoms with E-state index in [9.17, 15) is 0 Å². The Morgan fingerprint density at radius 2 is 2.38 bits per heavy atom. The molecule has 4 heteroatoms. The van der Waals surface area contributed by atoms with Gasteiger partial charge in [-0.2, -0.15) is 0 Å². The third kappa shape index (κ3) is 2.34. The quantitative estimate of drug-likeness (QED) is 0.728. The van der Waals surface area contributed by atoms with E-state index >= 15 is 0 Å². The van der Waals surface area contributed by atoms with Crippen molar-refractivity contribution < 1.29 is 21.1 Å². The fraction of sp³-hybridized carbons (Fsp3) is 0. The first kappa shape index (κ1) is 7.99. The standard InChI is InChI=1S/C4H4N2S.Pt/c7-4-5-2-1-3-6-4;/h1-3H,(H,5,6,7);. The number of hydrogen-bond acceptors (Lipinski definition) is 2. The van der Waals surface area contributed by atoms with Crippen molar-refractivity contribution in [3.05, 3.63) is 23.2 Å². The molecule has 46 valence electrons. The number of hydrogen-bond donors (Lipinski definition) is 1. The van der Waals surface area contributed by atoms with Crippen LogP contribution in [0.15, 0.2) is 18.5 Å². The predicted molar refractivity (Wildman–Crippen MR) is 29.4 cm³/mol. The first-order valence-corrected chi connectivity index (χ1v) is 2.30. The maximum Gasteiger partial charge on any atom is 0.196 e. The molecule has 0 aliphatic heterocycles. The van der Waals surface area contributed by atoms with Crippen molar-refractivity contribution in [3.63, 3.8) is 0 Å². The average molecular weight is 307 g/mol. The van der Waals surface area contributed by atoms with Crippen molar-refractivity contribution >= 4 is 12.2 Å². The summed E-state index contributed by atoms with van der Waals surface area (Å²) in [5, 5.41) is 0. The van der Waals surface area contributed by atoms with Gasteiger partial charge in [-0.3, -0.25) is 0 Å². The molecule has 8 heavy (non-hydrogen) atoms. The first-order valence-electron chi connectivity index (χ1n) is 1.89. The largest absolute Gasteiger partial charge is 0.337 e. The summed E-state index contributed by atoms with van der Waals surface area (Å²) in [6.45, 7) is 0. The Morgan fingerprint density at radius 3 is 2.62 bits per heavy atom. The van der Waals surface area contributed by atoms with Crippen LogP contribution >= 0.6 is 12.2 Å². The summed E-state index contributed by atoms with van der Waals surface area (Å²) in [4.78, 5) is 6.47. The fourth-order valence-electron chi connectivity index (χ4n) is 0.310. The Bertz CT molecular complexity index is 180. The van der Waals surface area contributed by atoms with Crippen LogP contribution in [0.2, 0.25) is 0 Å². The van der Waals surface area contributed by atoms with E-state index in [1.807, 2.05) is 0 Å². The van der Waals surface area contributed by atoms with Crippen molar-refractivity contribution in [1.29, 1.82) is 0 Å². The molecule has 0 aromatic carbocycles. The second-order valence-corrected chi connectivity index (χ2v) is 1.47. The molecule has 1 rings (SSSR count). The Kier molecular flexibility index (Phi) is 3.92. The molecule has 0 bridgehead atoms. The van der Waals surface area contributed by atoms with Gasteiger partial charge < -0.3 is 4.98 Å². The predicted octanol–water partition coefficient (Wildman–Crippen LogP) is 1.14. The van der Waals surface area contributed by atoms with Crippen molar-refractivity contribution in [1.82, 2.24) is 9.97 Å². The maximum absolute atomic E-state index is 4.65. The summed E-state index contributed by atoms with van der Waals surface area (Å²) in [5.41, 5.74) is 0. The second kappa shape index (κ2) is 3.93. The van der Waals surface area contributed by atoms with Crippen LogP contribution < -0.4 is 0 Å². The van der Waals surface area contributed by atoms with Crippen LogP contribution in [-0.4, -0.2) is 9.97 Å². The molecular weight excluding hydrogens is 303 g/mol. The normalized spacial score (nSPS) is 7.50. The van der Waals surface area contributed by atoms with E-state index in [-0.39, 0.29) is 21.1 Å². The molecule has 0 radical (unpaired) electrons. The van der Waals surface area contributed by atoms with E-state index < -0.39 is 0 Å². The van der Waals surface area contributed by atoms with Gasteiger partial charge in [0.1, 0.15) is 0 Å². The molecule has 0 saturated carbocycles. The molecule has 0 fully saturated rings. The Hall–Kier alpha value is -0.0117. The smallest absolute Gasteiger partial charge is 0.196 e. The number of nitrogens with one attached hydrogen (secondary N) is 1. The minimum absolute atomic E-state index is 0. The van der Waals surface area contributed by atoms with Crippen LogP contribution in [-0.2, 0) is 21.1 Å². The SMILES string of the molecule is S=c1nccc[nH]1.[Pt]. The van der Waals surface area contributed by atoms with Crippen molar-refractivity contribution in [2.45, 2.75) is 0 Å². The van der Waals surface area contributed by atoms with E-state index in [1.54, 1.807) is 18.5 Å². The van der Waals surface area contributed by atoms with E-state index in [4.69, 9.17) is 0 Å². The Morgan fingerprint density at radius 1 is 1.62 bits per heavy atom. The number of aromatic amines is 1. The fourth-order valence-corrected chi connectivity index (χ4v) is 0.439. The van der Waals surface area contributed by atoms with Crippen LogP contribution in [0.3, 0.4) is 0 Å². The van der Waals surface area contributed by atoms with Crippen LogP contribution in [0.4, 0.5) is 0 Å². The van der Waals surface area contributed by atoms with Gasteiger partial charge in [-0.15, -0.1) is 0 Å². The third-order valence-electron chi connectivity index (χ3n) is 0.581. The van der Waals surface area contributed by atoms with Gasteiger partial charge in [0.25, 0.3) is 0 Å². The molecule has 0 amide bonds. The van der Waals surface area contributed by atoms with Crippen molar-refractivity contribution in [2.75, 3.05) is 0 Å². The summed E-state index contributed by atoms with van der Waals surface area (Å²) in [6, 6.07) is 1.79. The molecule has 0 atom stereocenters. The minimum atomic E-state index is 0. The van der Waals surface area contributed by atoms with Crippen molar-refractivity contribution in [2.24, 2.45) is 0 Å². The Labute approximate surface area is 66.6 Å². The van der Waals surface area contributed by atoms with E-state index in [0.29, 0.717) is 4.77 Å². The molecule has 1 heterocycles. The molecule has 0 aliphatic rings. The topological polar surface area (TPSA) is 28.7 Å². The molecule has 2 nitrogen and oxygen atoms in total. The van der Waals surface area contributed by atoms with E-state index in [1.165, 1.54) is 0 Å². The van der Waals surface area contributed by atoms with Crippen LogP contribution in [0, 0.1) is 4.77 Å². The number of nitrogens with zero attached hydrogens (tertiary/aromatic N) is 1. The Balaban J connectivity index is 0.000000490. The van der Waals surface area contributed by atoms with Gasteiger partial charge in [0.2, 0.25) is 0 Å². The molecular formula is C4H4N2PtS. The minimum Gasteiger partial charge on any atom is -0.337 e. The van der Waals surface area contributed by atoms with Crippen LogP contribution in [0.1, 0.15) is 0 Å². The van der Waals surface area contributed by atoms with Crippen LogP contribution in [0.25, 0.3) is 0 Å². The van der Waals surface area contributed by atoms with E-state index in [0.717, 1.165) is 0 Å². The number of aromatic nitrogens is 2. The maximum atomic E-state index is 4.65. The molecule has 0 unspecified atom stereocenters. The van der Waals surface area contributed by atoms with Gasteiger partial charge in [0.15, 0.2) is 4.77 Å². The zero-order valence-corrected chi connectivity index (χ0v) is 6.99.